The molecule has 0 fully saturated rings. The molecular formula is C10H20N2O3. The van der Waals surface area contributed by atoms with Gasteiger partial charge in [0.15, 0.2) is 0 Å². The molecule has 0 heterocycles. The first-order valence-corrected chi connectivity index (χ1v) is 5.19. The number of rotatable bonds is 8. The smallest absolute Gasteiger partial charge is 0.303 e. The SMILES string of the molecule is CNCCCNC(=O)CC(C)CC(=O)O. The summed E-state index contributed by atoms with van der Waals surface area (Å²) < 4.78 is 0. The van der Waals surface area contributed by atoms with E-state index in [1.807, 2.05) is 7.05 Å². The fourth-order valence-electron chi connectivity index (χ4n) is 1.25. The molecule has 1 amide bonds. The molecule has 0 aliphatic heterocycles. The summed E-state index contributed by atoms with van der Waals surface area (Å²) >= 11 is 0. The molecule has 0 aromatic rings. The van der Waals surface area contributed by atoms with E-state index in [9.17, 15) is 9.59 Å². The largest absolute Gasteiger partial charge is 0.481 e. The molecular weight excluding hydrogens is 196 g/mol. The van der Waals surface area contributed by atoms with Crippen LogP contribution < -0.4 is 10.6 Å². The monoisotopic (exact) mass is 216 g/mol. The lowest BCUT2D eigenvalue weighted by atomic mass is 10.0. The molecule has 0 aromatic carbocycles. The molecule has 0 aliphatic carbocycles. The molecule has 1 atom stereocenters. The molecule has 0 saturated heterocycles. The van der Waals surface area contributed by atoms with Gasteiger partial charge in [0.2, 0.25) is 5.91 Å². The predicted molar refractivity (Wildman–Crippen MR) is 57.6 cm³/mol. The number of amides is 1. The summed E-state index contributed by atoms with van der Waals surface area (Å²) in [4.78, 5) is 21.6. The van der Waals surface area contributed by atoms with Gasteiger partial charge in [-0.1, -0.05) is 6.92 Å². The molecule has 0 saturated carbocycles. The number of carboxylic acid groups (broad SMARTS) is 1. The van der Waals surface area contributed by atoms with Gasteiger partial charge in [0.05, 0.1) is 0 Å². The van der Waals surface area contributed by atoms with Crippen LogP contribution >= 0.6 is 0 Å². The highest BCUT2D eigenvalue weighted by molar-refractivity contribution is 5.77. The van der Waals surface area contributed by atoms with Gasteiger partial charge < -0.3 is 15.7 Å². The first kappa shape index (κ1) is 13.9. The summed E-state index contributed by atoms with van der Waals surface area (Å²) in [7, 11) is 1.86. The molecule has 5 heteroatoms. The Morgan fingerprint density at radius 1 is 1.27 bits per heavy atom. The second-order valence-electron chi connectivity index (χ2n) is 3.71. The zero-order chi connectivity index (χ0) is 11.7. The van der Waals surface area contributed by atoms with Crippen molar-refractivity contribution in [2.24, 2.45) is 5.92 Å². The molecule has 5 nitrogen and oxygen atoms in total. The fraction of sp³-hybridized carbons (Fsp3) is 0.800. The summed E-state index contributed by atoms with van der Waals surface area (Å²) in [5.41, 5.74) is 0. The Bertz CT molecular complexity index is 207. The van der Waals surface area contributed by atoms with E-state index >= 15 is 0 Å². The molecule has 15 heavy (non-hydrogen) atoms. The fourth-order valence-corrected chi connectivity index (χ4v) is 1.25. The minimum Gasteiger partial charge on any atom is -0.481 e. The summed E-state index contributed by atoms with van der Waals surface area (Å²) in [5, 5.41) is 14.2. The van der Waals surface area contributed by atoms with E-state index in [-0.39, 0.29) is 24.7 Å². The van der Waals surface area contributed by atoms with Crippen LogP contribution in [0.15, 0.2) is 0 Å². The summed E-state index contributed by atoms with van der Waals surface area (Å²) in [6, 6.07) is 0. The van der Waals surface area contributed by atoms with Gasteiger partial charge in [0.1, 0.15) is 0 Å². The van der Waals surface area contributed by atoms with Crippen molar-refractivity contribution in [3.63, 3.8) is 0 Å². The molecule has 0 spiro atoms. The highest BCUT2D eigenvalue weighted by atomic mass is 16.4. The third-order valence-corrected chi connectivity index (χ3v) is 1.98. The van der Waals surface area contributed by atoms with Gasteiger partial charge in [-0.05, 0) is 25.9 Å². The van der Waals surface area contributed by atoms with Gasteiger partial charge in [0.25, 0.3) is 0 Å². The van der Waals surface area contributed by atoms with Gasteiger partial charge in [0, 0.05) is 19.4 Å². The maximum absolute atomic E-state index is 11.3. The predicted octanol–water partition coefficient (Wildman–Crippen LogP) is 0.213. The van der Waals surface area contributed by atoms with E-state index in [0.717, 1.165) is 13.0 Å². The third kappa shape index (κ3) is 9.21. The standard InChI is InChI=1S/C10H20N2O3/c1-8(7-10(14)15)6-9(13)12-5-3-4-11-2/h8,11H,3-7H2,1-2H3,(H,12,13)(H,14,15). The Morgan fingerprint density at radius 3 is 2.47 bits per heavy atom. The van der Waals surface area contributed by atoms with Crippen LogP contribution in [0.4, 0.5) is 0 Å². The lowest BCUT2D eigenvalue weighted by Gasteiger charge is -2.09. The number of carbonyl (C=O) groups is 2. The summed E-state index contributed by atoms with van der Waals surface area (Å²) in [6.45, 7) is 3.27. The first-order chi connectivity index (χ1) is 7.06. The highest BCUT2D eigenvalue weighted by Gasteiger charge is 2.11. The van der Waals surface area contributed by atoms with Crippen molar-refractivity contribution in [2.75, 3.05) is 20.1 Å². The number of carbonyl (C=O) groups excluding carboxylic acids is 1. The molecule has 0 bridgehead atoms. The number of hydrogen-bond acceptors (Lipinski definition) is 3. The average Bonchev–Trinajstić information content (AvgIpc) is 2.10. The minimum absolute atomic E-state index is 0.0456. The van der Waals surface area contributed by atoms with E-state index < -0.39 is 5.97 Å². The van der Waals surface area contributed by atoms with Crippen molar-refractivity contribution >= 4 is 11.9 Å². The van der Waals surface area contributed by atoms with Crippen LogP contribution in [-0.4, -0.2) is 37.1 Å². The number of aliphatic carboxylic acids is 1. The van der Waals surface area contributed by atoms with Crippen molar-refractivity contribution < 1.29 is 14.7 Å². The van der Waals surface area contributed by atoms with Crippen LogP contribution in [0.2, 0.25) is 0 Å². The van der Waals surface area contributed by atoms with Crippen LogP contribution in [0, 0.1) is 5.92 Å². The Kier molecular flexibility index (Phi) is 7.62. The second kappa shape index (κ2) is 8.23. The Labute approximate surface area is 90.2 Å². The van der Waals surface area contributed by atoms with E-state index in [4.69, 9.17) is 5.11 Å². The average molecular weight is 216 g/mol. The van der Waals surface area contributed by atoms with Gasteiger partial charge in [-0.25, -0.2) is 0 Å². The molecule has 3 N–H and O–H groups in total. The van der Waals surface area contributed by atoms with Gasteiger partial charge >= 0.3 is 5.97 Å². The zero-order valence-corrected chi connectivity index (χ0v) is 9.38. The van der Waals surface area contributed by atoms with Crippen LogP contribution in [0.3, 0.4) is 0 Å². The van der Waals surface area contributed by atoms with E-state index in [1.54, 1.807) is 6.92 Å². The maximum atomic E-state index is 11.3. The highest BCUT2D eigenvalue weighted by Crippen LogP contribution is 2.06. The molecule has 0 radical (unpaired) electrons. The van der Waals surface area contributed by atoms with Crippen molar-refractivity contribution in [2.45, 2.75) is 26.2 Å². The normalized spacial score (nSPS) is 12.1. The van der Waals surface area contributed by atoms with Crippen molar-refractivity contribution in [1.82, 2.24) is 10.6 Å². The molecule has 0 rings (SSSR count). The van der Waals surface area contributed by atoms with E-state index in [2.05, 4.69) is 10.6 Å². The summed E-state index contributed by atoms with van der Waals surface area (Å²) in [6.07, 6.45) is 1.21. The number of carboxylic acids is 1. The Hall–Kier alpha value is -1.10. The van der Waals surface area contributed by atoms with Crippen LogP contribution in [0.5, 0.6) is 0 Å². The van der Waals surface area contributed by atoms with Gasteiger partial charge in [-0.2, -0.15) is 0 Å². The minimum atomic E-state index is -0.856. The number of nitrogens with one attached hydrogen (secondary N) is 2. The van der Waals surface area contributed by atoms with Crippen molar-refractivity contribution in [3.8, 4) is 0 Å². The van der Waals surface area contributed by atoms with Gasteiger partial charge in [-0.15, -0.1) is 0 Å². The second-order valence-corrected chi connectivity index (χ2v) is 3.71. The lowest BCUT2D eigenvalue weighted by Crippen LogP contribution is -2.28. The zero-order valence-electron chi connectivity index (χ0n) is 9.38. The van der Waals surface area contributed by atoms with Crippen molar-refractivity contribution in [1.29, 1.82) is 0 Å². The van der Waals surface area contributed by atoms with Crippen molar-refractivity contribution in [3.05, 3.63) is 0 Å². The number of hydrogen-bond donors (Lipinski definition) is 3. The van der Waals surface area contributed by atoms with E-state index in [0.29, 0.717) is 6.54 Å². The van der Waals surface area contributed by atoms with E-state index in [1.165, 1.54) is 0 Å². The molecule has 88 valence electrons. The van der Waals surface area contributed by atoms with Crippen LogP contribution in [0.1, 0.15) is 26.2 Å². The molecule has 0 aliphatic rings. The lowest BCUT2D eigenvalue weighted by molar-refractivity contribution is -0.138. The van der Waals surface area contributed by atoms with Gasteiger partial charge in [-0.3, -0.25) is 9.59 Å². The Morgan fingerprint density at radius 2 is 1.93 bits per heavy atom. The molecule has 0 aromatic heterocycles. The third-order valence-electron chi connectivity index (χ3n) is 1.98. The maximum Gasteiger partial charge on any atom is 0.303 e. The van der Waals surface area contributed by atoms with Crippen LogP contribution in [-0.2, 0) is 9.59 Å². The van der Waals surface area contributed by atoms with Crippen LogP contribution in [0.25, 0.3) is 0 Å². The first-order valence-electron chi connectivity index (χ1n) is 5.19. The molecule has 1 unspecified atom stereocenters. The topological polar surface area (TPSA) is 78.4 Å². The summed E-state index contributed by atoms with van der Waals surface area (Å²) in [5.74, 6) is -1.03. The Balaban J connectivity index is 3.51. The quantitative estimate of drug-likeness (QED) is 0.507.